The summed E-state index contributed by atoms with van der Waals surface area (Å²) in [5.74, 6) is 1.06. The first-order valence-corrected chi connectivity index (χ1v) is 11.7. The van der Waals surface area contributed by atoms with Crippen LogP contribution in [0.5, 0.6) is 5.88 Å². The zero-order chi connectivity index (χ0) is 24.2. The molecule has 10 nitrogen and oxygen atoms in total. The van der Waals surface area contributed by atoms with Crippen LogP contribution in [0, 0.1) is 6.92 Å². The van der Waals surface area contributed by atoms with Gasteiger partial charge in [0.1, 0.15) is 12.3 Å². The Morgan fingerprint density at radius 3 is 2.91 bits per heavy atom. The van der Waals surface area contributed by atoms with E-state index < -0.39 is 0 Å². The average molecular weight is 476 g/mol. The summed E-state index contributed by atoms with van der Waals surface area (Å²) in [6, 6.07) is 7.23. The molecular weight excluding hydrogens is 446 g/mol. The zero-order valence-electron chi connectivity index (χ0n) is 19.9. The summed E-state index contributed by atoms with van der Waals surface area (Å²) < 4.78 is 10.6. The molecule has 2 aromatic heterocycles. The first-order chi connectivity index (χ1) is 17.1. The number of nitrogens with one attached hydrogen (secondary N) is 3. The highest BCUT2D eigenvalue weighted by Gasteiger charge is 2.24. The van der Waals surface area contributed by atoms with Gasteiger partial charge in [0, 0.05) is 49.8 Å². The summed E-state index contributed by atoms with van der Waals surface area (Å²) in [6.45, 7) is 6.01. The van der Waals surface area contributed by atoms with Crippen LogP contribution in [-0.2, 0) is 17.7 Å². The molecule has 4 heterocycles. The maximum atomic E-state index is 12.2. The van der Waals surface area contributed by atoms with E-state index in [-0.39, 0.29) is 5.91 Å². The number of nitrogens with zero attached hydrogens (tertiary/aromatic N) is 4. The molecule has 1 aromatic carbocycles. The second kappa shape index (κ2) is 10.1. The highest BCUT2D eigenvalue weighted by molar-refractivity contribution is 5.94. The van der Waals surface area contributed by atoms with Gasteiger partial charge in [-0.1, -0.05) is 0 Å². The molecule has 182 valence electrons. The molecule has 0 bridgehead atoms. The average Bonchev–Trinajstić information content (AvgIpc) is 2.89. The maximum Gasteiger partial charge on any atom is 0.251 e. The lowest BCUT2D eigenvalue weighted by molar-refractivity contribution is 0.0937. The summed E-state index contributed by atoms with van der Waals surface area (Å²) in [6.07, 6.45) is 4.65. The Kier molecular flexibility index (Phi) is 6.62. The van der Waals surface area contributed by atoms with Crippen molar-refractivity contribution in [3.63, 3.8) is 0 Å². The highest BCUT2D eigenvalue weighted by Crippen LogP contribution is 2.36. The molecule has 0 radical (unpaired) electrons. The lowest BCUT2D eigenvalue weighted by Crippen LogP contribution is -2.32. The van der Waals surface area contributed by atoms with Gasteiger partial charge < -0.3 is 30.3 Å². The quantitative estimate of drug-likeness (QED) is 0.444. The summed E-state index contributed by atoms with van der Waals surface area (Å²) in [5, 5.41) is 9.47. The Labute approximate surface area is 204 Å². The Bertz CT molecular complexity index is 1220. The molecule has 1 amide bonds. The van der Waals surface area contributed by atoms with Crippen LogP contribution in [0.4, 0.5) is 23.0 Å². The zero-order valence-corrected chi connectivity index (χ0v) is 19.9. The fourth-order valence-corrected chi connectivity index (χ4v) is 4.30. The molecule has 0 spiro atoms. The van der Waals surface area contributed by atoms with Crippen LogP contribution in [0.2, 0.25) is 0 Å². The summed E-state index contributed by atoms with van der Waals surface area (Å²) in [7, 11) is 1.60. The van der Waals surface area contributed by atoms with E-state index in [0.29, 0.717) is 43.7 Å². The van der Waals surface area contributed by atoms with Crippen molar-refractivity contribution in [3.05, 3.63) is 59.0 Å². The van der Waals surface area contributed by atoms with Gasteiger partial charge in [0.25, 0.3) is 5.91 Å². The topological polar surface area (TPSA) is 114 Å². The molecule has 0 fully saturated rings. The number of benzene rings is 1. The smallest absolute Gasteiger partial charge is 0.251 e. The molecule has 35 heavy (non-hydrogen) atoms. The van der Waals surface area contributed by atoms with E-state index in [2.05, 4.69) is 37.7 Å². The lowest BCUT2D eigenvalue weighted by Gasteiger charge is -2.32. The van der Waals surface area contributed by atoms with Crippen molar-refractivity contribution in [3.8, 4) is 5.88 Å². The van der Waals surface area contributed by atoms with Gasteiger partial charge in [-0.3, -0.25) is 4.79 Å². The molecule has 10 heteroatoms. The number of fused-ring (bicyclic) bond motifs is 2. The lowest BCUT2D eigenvalue weighted by atomic mass is 10.0. The van der Waals surface area contributed by atoms with E-state index in [4.69, 9.17) is 14.5 Å². The fourth-order valence-electron chi connectivity index (χ4n) is 4.30. The predicted octanol–water partition coefficient (Wildman–Crippen LogP) is 2.67. The highest BCUT2D eigenvalue weighted by atomic mass is 16.5. The van der Waals surface area contributed by atoms with Gasteiger partial charge in [0.15, 0.2) is 0 Å². The predicted molar refractivity (Wildman–Crippen MR) is 134 cm³/mol. The minimum absolute atomic E-state index is 0.132. The van der Waals surface area contributed by atoms with Gasteiger partial charge in [0.2, 0.25) is 11.8 Å². The maximum absolute atomic E-state index is 12.2. The minimum Gasteiger partial charge on any atom is -0.474 e. The van der Waals surface area contributed by atoms with Crippen LogP contribution < -0.4 is 25.6 Å². The van der Waals surface area contributed by atoms with Crippen molar-refractivity contribution >= 4 is 28.9 Å². The molecule has 0 atom stereocenters. The van der Waals surface area contributed by atoms with Crippen LogP contribution in [0.25, 0.3) is 0 Å². The van der Waals surface area contributed by atoms with Crippen molar-refractivity contribution in [2.75, 3.05) is 55.5 Å². The van der Waals surface area contributed by atoms with Crippen molar-refractivity contribution in [1.82, 2.24) is 20.3 Å². The van der Waals surface area contributed by atoms with Crippen LogP contribution in [0.3, 0.4) is 0 Å². The van der Waals surface area contributed by atoms with Crippen molar-refractivity contribution in [2.24, 2.45) is 0 Å². The normalized spacial score (nSPS) is 14.3. The fraction of sp³-hybridized carbons (Fsp3) is 0.360. The van der Waals surface area contributed by atoms with Crippen LogP contribution in [-0.4, -0.2) is 60.8 Å². The Morgan fingerprint density at radius 1 is 1.23 bits per heavy atom. The monoisotopic (exact) mass is 475 g/mol. The molecular formula is C25H29N7O3. The van der Waals surface area contributed by atoms with Gasteiger partial charge in [-0.15, -0.1) is 0 Å². The van der Waals surface area contributed by atoms with Crippen molar-refractivity contribution in [1.29, 1.82) is 0 Å². The molecule has 0 unspecified atom stereocenters. The van der Waals surface area contributed by atoms with Crippen LogP contribution >= 0.6 is 0 Å². The molecule has 3 aromatic rings. The number of carbonyl (C=O) groups is 1. The number of methoxy groups -OCH3 is 1. The van der Waals surface area contributed by atoms with Crippen molar-refractivity contribution < 1.29 is 14.3 Å². The standard InChI is InChI=1S/C25H29N7O3/c1-16-21(14-28-24-22(16)26-9-12-35-24)32-10-7-18-13-29-25(31-20(18)15-32)30-19-5-3-17(4-6-19)23(33)27-8-11-34-2/h3-6,13-14,26H,7-12,15H2,1-2H3,(H,27,33)(H,29,30,31). The van der Waals surface area contributed by atoms with E-state index in [1.165, 1.54) is 0 Å². The molecule has 3 N–H and O–H groups in total. The van der Waals surface area contributed by atoms with Crippen LogP contribution in [0.1, 0.15) is 27.2 Å². The number of amides is 1. The number of rotatable bonds is 7. The summed E-state index contributed by atoms with van der Waals surface area (Å²) in [5.41, 5.74) is 6.73. The molecule has 5 rings (SSSR count). The number of carbonyl (C=O) groups excluding carboxylic acids is 1. The number of hydrogen-bond donors (Lipinski definition) is 3. The molecule has 0 aliphatic carbocycles. The van der Waals surface area contributed by atoms with E-state index >= 15 is 0 Å². The first kappa shape index (κ1) is 22.9. The van der Waals surface area contributed by atoms with Gasteiger partial charge in [-0.05, 0) is 43.2 Å². The molecule has 2 aliphatic heterocycles. The Balaban J connectivity index is 1.28. The number of anilines is 4. The minimum atomic E-state index is -0.132. The second-order valence-electron chi connectivity index (χ2n) is 8.51. The van der Waals surface area contributed by atoms with Crippen molar-refractivity contribution in [2.45, 2.75) is 19.9 Å². The molecule has 0 saturated heterocycles. The van der Waals surface area contributed by atoms with Gasteiger partial charge in [-0.2, -0.15) is 0 Å². The van der Waals surface area contributed by atoms with E-state index in [9.17, 15) is 4.79 Å². The summed E-state index contributed by atoms with van der Waals surface area (Å²) >= 11 is 0. The number of aromatic nitrogens is 3. The SMILES string of the molecule is COCCNC(=O)c1ccc(Nc2ncc3c(n2)CN(c2cnc4c(c2C)NCCO4)CC3)cc1. The number of ether oxygens (including phenoxy) is 2. The Hall–Kier alpha value is -3.92. The largest absolute Gasteiger partial charge is 0.474 e. The van der Waals surface area contributed by atoms with E-state index in [1.807, 2.05) is 24.5 Å². The third-order valence-corrected chi connectivity index (χ3v) is 6.20. The van der Waals surface area contributed by atoms with Crippen LogP contribution in [0.15, 0.2) is 36.7 Å². The molecule has 2 aliphatic rings. The second-order valence-corrected chi connectivity index (χ2v) is 8.51. The van der Waals surface area contributed by atoms with Gasteiger partial charge >= 0.3 is 0 Å². The third-order valence-electron chi connectivity index (χ3n) is 6.20. The van der Waals surface area contributed by atoms with Gasteiger partial charge in [-0.25, -0.2) is 15.0 Å². The van der Waals surface area contributed by atoms with Gasteiger partial charge in [0.05, 0.1) is 30.7 Å². The Morgan fingerprint density at radius 2 is 2.09 bits per heavy atom. The first-order valence-electron chi connectivity index (χ1n) is 11.7. The molecule has 0 saturated carbocycles. The summed E-state index contributed by atoms with van der Waals surface area (Å²) in [4.78, 5) is 28.3. The van der Waals surface area contributed by atoms with E-state index in [0.717, 1.165) is 53.4 Å². The number of pyridine rings is 1. The third kappa shape index (κ3) is 4.97. The number of hydrogen-bond acceptors (Lipinski definition) is 9. The van der Waals surface area contributed by atoms with E-state index in [1.54, 1.807) is 19.2 Å².